The van der Waals surface area contributed by atoms with Gasteiger partial charge in [0, 0.05) is 55.9 Å². The van der Waals surface area contributed by atoms with Crippen LogP contribution >= 0.6 is 0 Å². The minimum atomic E-state index is -0.0296. The Morgan fingerprint density at radius 2 is 1.19 bits per heavy atom. The van der Waals surface area contributed by atoms with Crippen molar-refractivity contribution in [3.8, 4) is 28.4 Å². The van der Waals surface area contributed by atoms with Gasteiger partial charge in [0.15, 0.2) is 0 Å². The summed E-state index contributed by atoms with van der Waals surface area (Å²) in [5.41, 5.74) is 14.1. The van der Waals surface area contributed by atoms with Crippen LogP contribution in [0.15, 0.2) is 146 Å². The maximum absolute atomic E-state index is 6.92. The Morgan fingerprint density at radius 1 is 0.571 bits per heavy atom. The molecule has 1 aliphatic heterocycles. The van der Waals surface area contributed by atoms with Crippen LogP contribution in [0, 0.1) is 18.8 Å². The van der Waals surface area contributed by atoms with Crippen LogP contribution in [-0.2, 0) is 37.3 Å². The van der Waals surface area contributed by atoms with E-state index in [1.54, 1.807) is 0 Å². The zero-order valence-corrected chi connectivity index (χ0v) is 39.8. The van der Waals surface area contributed by atoms with E-state index in [0.717, 1.165) is 44.6 Å². The van der Waals surface area contributed by atoms with Crippen LogP contribution in [0.2, 0.25) is 0 Å². The van der Waals surface area contributed by atoms with E-state index in [1.165, 1.54) is 38.9 Å². The van der Waals surface area contributed by atoms with Crippen LogP contribution in [-0.4, -0.2) is 9.55 Å². The van der Waals surface area contributed by atoms with Gasteiger partial charge in [-0.2, -0.15) is 6.07 Å². The SMILES string of the molecule is CC(C)(C)c1cc(N2C=CN(c3[c-]c(Oc4[c-]c5c(cc4)c4ccccc4n5-c4cc(C(C)(C)C)ccn4)cc(C4c5ccccc5-c5ccccc54)c3)[CH-]2)cc(C(C)(C)C)c1.[Pt]. The second-order valence-corrected chi connectivity index (χ2v) is 20.0. The largest absolute Gasteiger partial charge is 0.509 e. The van der Waals surface area contributed by atoms with Gasteiger partial charge in [-0.05, 0) is 103 Å². The van der Waals surface area contributed by atoms with E-state index in [2.05, 4.69) is 229 Å². The molecule has 0 amide bonds. The Bertz CT molecular complexity index is 2990. The van der Waals surface area contributed by atoms with Gasteiger partial charge < -0.3 is 19.1 Å². The molecule has 10 rings (SSSR count). The van der Waals surface area contributed by atoms with Crippen molar-refractivity contribution in [2.45, 2.75) is 84.5 Å². The smallest absolute Gasteiger partial charge is 0.135 e. The first kappa shape index (κ1) is 42.4. The molecule has 1 aliphatic carbocycles. The average molecular weight is 1010 g/mol. The van der Waals surface area contributed by atoms with Crippen molar-refractivity contribution < 1.29 is 25.8 Å². The molecular weight excluding hydrogens is 952 g/mol. The standard InChI is InChI=1S/C57H53N4O.Pt/c1-55(2,3)38-24-25-58-53(33-38)61-51-21-15-14-18-47(51)48-23-22-43(35-52(48)61)62-44-29-37(54-49-19-12-10-16-45(49)46-17-11-13-20-50(46)54)28-41(34-44)59-26-27-60(36-59)42-31-39(56(4,5)6)30-40(32-42)57(7,8)9;/h10-33,36,54H,1-9H3;/q-3;. The predicted molar refractivity (Wildman–Crippen MR) is 257 cm³/mol. The van der Waals surface area contributed by atoms with Gasteiger partial charge >= 0.3 is 0 Å². The summed E-state index contributed by atoms with van der Waals surface area (Å²) in [6.45, 7) is 22.6. The number of rotatable bonds is 6. The molecule has 2 aromatic heterocycles. The van der Waals surface area contributed by atoms with Crippen LogP contribution in [0.3, 0.4) is 0 Å². The van der Waals surface area contributed by atoms with E-state index in [4.69, 9.17) is 9.72 Å². The van der Waals surface area contributed by atoms with Crippen molar-refractivity contribution in [2.24, 2.45) is 0 Å². The molecule has 63 heavy (non-hydrogen) atoms. The first-order valence-electron chi connectivity index (χ1n) is 21.7. The van der Waals surface area contributed by atoms with Gasteiger partial charge in [0.25, 0.3) is 0 Å². The monoisotopic (exact) mass is 1000 g/mol. The normalized spacial score (nSPS) is 14.0. The third-order valence-corrected chi connectivity index (χ3v) is 12.5. The molecule has 0 atom stereocenters. The number of fused-ring (bicyclic) bond motifs is 6. The van der Waals surface area contributed by atoms with Crippen LogP contribution in [0.5, 0.6) is 11.5 Å². The number of aromatic nitrogens is 2. The molecular formula is C57H53N4OPt-3. The molecule has 3 heterocycles. The van der Waals surface area contributed by atoms with Crippen LogP contribution in [0.1, 0.15) is 102 Å². The van der Waals surface area contributed by atoms with Crippen molar-refractivity contribution in [2.75, 3.05) is 9.80 Å². The fourth-order valence-electron chi connectivity index (χ4n) is 9.00. The molecule has 8 aromatic rings. The second kappa shape index (κ2) is 15.7. The molecule has 0 saturated heterocycles. The summed E-state index contributed by atoms with van der Waals surface area (Å²) >= 11 is 0. The zero-order chi connectivity index (χ0) is 43.1. The average Bonchev–Trinajstić information content (AvgIpc) is 3.96. The molecule has 5 nitrogen and oxygen atoms in total. The predicted octanol–water partition coefficient (Wildman–Crippen LogP) is 14.5. The molecule has 0 N–H and O–H groups in total. The first-order chi connectivity index (χ1) is 29.6. The first-order valence-corrected chi connectivity index (χ1v) is 21.7. The van der Waals surface area contributed by atoms with Crippen LogP contribution in [0.4, 0.5) is 11.4 Å². The quantitative estimate of drug-likeness (QED) is 0.155. The van der Waals surface area contributed by atoms with Crippen molar-refractivity contribution in [3.05, 3.63) is 198 Å². The number of anilines is 2. The molecule has 0 saturated carbocycles. The van der Waals surface area contributed by atoms with Gasteiger partial charge in [-0.1, -0.05) is 141 Å². The van der Waals surface area contributed by atoms with Crippen molar-refractivity contribution in [1.82, 2.24) is 9.55 Å². The Kier molecular flexibility index (Phi) is 10.6. The van der Waals surface area contributed by atoms with E-state index in [-0.39, 0.29) is 43.2 Å². The minimum absolute atomic E-state index is 0. The molecule has 6 aromatic carbocycles. The van der Waals surface area contributed by atoms with E-state index in [9.17, 15) is 0 Å². The van der Waals surface area contributed by atoms with Crippen molar-refractivity contribution in [3.63, 3.8) is 0 Å². The molecule has 0 radical (unpaired) electrons. The van der Waals surface area contributed by atoms with Gasteiger partial charge in [-0.15, -0.1) is 53.6 Å². The van der Waals surface area contributed by atoms with Gasteiger partial charge in [0.2, 0.25) is 0 Å². The summed E-state index contributed by atoms with van der Waals surface area (Å²) in [7, 11) is 0. The number of pyridine rings is 1. The minimum Gasteiger partial charge on any atom is -0.509 e. The fraction of sp³-hybridized carbons (Fsp3) is 0.228. The van der Waals surface area contributed by atoms with E-state index >= 15 is 0 Å². The number of benzene rings is 6. The summed E-state index contributed by atoms with van der Waals surface area (Å²) < 4.78 is 9.13. The maximum Gasteiger partial charge on any atom is 0.135 e. The fourth-order valence-corrected chi connectivity index (χ4v) is 9.00. The number of para-hydroxylation sites is 1. The molecule has 0 spiro atoms. The number of hydrogen-bond donors (Lipinski definition) is 0. The Balaban J connectivity index is 0.00000504. The molecule has 2 aliphatic rings. The zero-order valence-electron chi connectivity index (χ0n) is 37.5. The maximum atomic E-state index is 6.92. The second-order valence-electron chi connectivity index (χ2n) is 20.0. The summed E-state index contributed by atoms with van der Waals surface area (Å²) in [6, 6.07) is 53.4. The van der Waals surface area contributed by atoms with Gasteiger partial charge in [-0.3, -0.25) is 0 Å². The van der Waals surface area contributed by atoms with Crippen LogP contribution < -0.4 is 14.5 Å². The Labute approximate surface area is 387 Å². The Morgan fingerprint density at radius 3 is 1.86 bits per heavy atom. The van der Waals surface area contributed by atoms with E-state index in [1.807, 2.05) is 12.3 Å². The summed E-state index contributed by atoms with van der Waals surface area (Å²) in [5.74, 6) is 2.11. The van der Waals surface area contributed by atoms with Crippen molar-refractivity contribution in [1.29, 1.82) is 0 Å². The summed E-state index contributed by atoms with van der Waals surface area (Å²) in [6.07, 6.45) is 6.17. The molecule has 0 fully saturated rings. The van der Waals surface area contributed by atoms with Gasteiger partial charge in [0.1, 0.15) is 5.82 Å². The van der Waals surface area contributed by atoms with Crippen molar-refractivity contribution >= 4 is 33.2 Å². The molecule has 0 bridgehead atoms. The third-order valence-electron chi connectivity index (χ3n) is 12.5. The number of ether oxygens (including phenoxy) is 1. The Hall–Kier alpha value is -5.90. The molecule has 6 heteroatoms. The van der Waals surface area contributed by atoms with Crippen LogP contribution in [0.25, 0.3) is 38.8 Å². The molecule has 320 valence electrons. The summed E-state index contributed by atoms with van der Waals surface area (Å²) in [4.78, 5) is 9.27. The van der Waals surface area contributed by atoms with Gasteiger partial charge in [-0.25, -0.2) is 4.98 Å². The third kappa shape index (κ3) is 7.80. The topological polar surface area (TPSA) is 33.5 Å². The summed E-state index contributed by atoms with van der Waals surface area (Å²) in [5, 5.41) is 2.24. The molecule has 0 unspecified atom stereocenters. The van der Waals surface area contributed by atoms with E-state index < -0.39 is 0 Å². The van der Waals surface area contributed by atoms with Gasteiger partial charge in [0.05, 0.1) is 0 Å². The number of hydrogen-bond acceptors (Lipinski definition) is 4. The van der Waals surface area contributed by atoms with E-state index in [0.29, 0.717) is 11.5 Å². The number of nitrogens with zero attached hydrogens (tertiary/aromatic N) is 4.